The number of rotatable bonds is 9. The van der Waals surface area contributed by atoms with E-state index in [0.29, 0.717) is 29.1 Å². The number of aromatic nitrogens is 4. The molecule has 3 N–H and O–H groups in total. The molecule has 10 heteroatoms. The summed E-state index contributed by atoms with van der Waals surface area (Å²) in [4.78, 5) is 20.3. The van der Waals surface area contributed by atoms with Gasteiger partial charge in [-0.2, -0.15) is 5.10 Å². The summed E-state index contributed by atoms with van der Waals surface area (Å²) in [6, 6.07) is 1.06. The number of hydrogen-bond donors (Lipinski definition) is 2. The molecule has 2 aromatic heterocycles. The van der Waals surface area contributed by atoms with Crippen LogP contribution in [0.15, 0.2) is 17.0 Å². The average Bonchev–Trinajstić information content (AvgIpc) is 2.86. The Morgan fingerprint density at radius 3 is 2.65 bits per heavy atom. The molecule has 0 aromatic carbocycles. The Balaban J connectivity index is 2.11. The molecule has 8 nitrogen and oxygen atoms in total. The fraction of sp³-hybridized carbons (Fsp3) is 0.500. The lowest BCUT2D eigenvalue weighted by Gasteiger charge is -2.16. The third-order valence-electron chi connectivity index (χ3n) is 3.64. The van der Waals surface area contributed by atoms with E-state index >= 15 is 0 Å². The number of anilines is 1. The summed E-state index contributed by atoms with van der Waals surface area (Å²) in [6.07, 6.45) is 3.38. The molecule has 2 heterocycles. The molecule has 142 valence electrons. The number of amides is 1. The van der Waals surface area contributed by atoms with Crippen molar-refractivity contribution in [1.82, 2.24) is 19.7 Å². The van der Waals surface area contributed by atoms with Gasteiger partial charge >= 0.3 is 0 Å². The van der Waals surface area contributed by atoms with E-state index in [9.17, 15) is 4.79 Å². The molecule has 0 aliphatic heterocycles. The van der Waals surface area contributed by atoms with E-state index in [1.165, 1.54) is 0 Å². The Morgan fingerprint density at radius 1 is 1.35 bits per heavy atom. The monoisotopic (exact) mass is 440 g/mol. The molecule has 26 heavy (non-hydrogen) atoms. The summed E-state index contributed by atoms with van der Waals surface area (Å²) in [6.45, 7) is 10.0. The second-order valence-corrected chi connectivity index (χ2v) is 13.6. The standard InChI is InChI=1S/C16H25BrN6O2Si/c1-11-7-20-12(8-19-11)9-21-16-13(15(18)24)14(17)22-23(16)10-25-5-6-26(2,3)4/h7-8,21H,5-6,9-10H2,1-4H3,(H2,18,24). The molecule has 0 bridgehead atoms. The van der Waals surface area contributed by atoms with Gasteiger partial charge in [0.05, 0.1) is 24.1 Å². The van der Waals surface area contributed by atoms with E-state index in [-0.39, 0.29) is 6.73 Å². The van der Waals surface area contributed by atoms with Gasteiger partial charge in [0, 0.05) is 20.9 Å². The van der Waals surface area contributed by atoms with Crippen molar-refractivity contribution in [2.75, 3.05) is 11.9 Å². The van der Waals surface area contributed by atoms with Gasteiger partial charge in [-0.25, -0.2) is 4.68 Å². The maximum absolute atomic E-state index is 11.8. The number of hydrogen-bond acceptors (Lipinski definition) is 6. The summed E-state index contributed by atoms with van der Waals surface area (Å²) in [5.74, 6) is -0.0672. The number of carbonyl (C=O) groups is 1. The van der Waals surface area contributed by atoms with Crippen LogP contribution in [0.3, 0.4) is 0 Å². The topological polar surface area (TPSA) is 108 Å². The number of halogens is 1. The SMILES string of the molecule is Cc1cnc(CNc2c(C(N)=O)c(Br)nn2COCC[Si](C)(C)C)cn1. The number of ether oxygens (including phenoxy) is 1. The highest BCUT2D eigenvalue weighted by Gasteiger charge is 2.21. The summed E-state index contributed by atoms with van der Waals surface area (Å²) < 4.78 is 7.73. The van der Waals surface area contributed by atoms with Gasteiger partial charge in [0.1, 0.15) is 22.7 Å². The number of nitrogens with zero attached hydrogens (tertiary/aromatic N) is 4. The first-order valence-electron chi connectivity index (χ1n) is 8.32. The summed E-state index contributed by atoms with van der Waals surface area (Å²) in [5.41, 5.74) is 7.38. The van der Waals surface area contributed by atoms with Gasteiger partial charge in [-0.3, -0.25) is 14.8 Å². The molecular formula is C16H25BrN6O2Si. The molecule has 0 atom stereocenters. The summed E-state index contributed by atoms with van der Waals surface area (Å²) in [5, 5.41) is 7.49. The van der Waals surface area contributed by atoms with Crippen molar-refractivity contribution in [2.24, 2.45) is 5.73 Å². The van der Waals surface area contributed by atoms with Crippen molar-refractivity contribution in [3.05, 3.63) is 33.9 Å². The first-order valence-corrected chi connectivity index (χ1v) is 12.8. The minimum absolute atomic E-state index is 0.234. The highest BCUT2D eigenvalue weighted by Crippen LogP contribution is 2.25. The van der Waals surface area contributed by atoms with Gasteiger partial charge in [0.25, 0.3) is 5.91 Å². The number of carbonyl (C=O) groups excluding carboxylic acids is 1. The van der Waals surface area contributed by atoms with Crippen LogP contribution < -0.4 is 11.1 Å². The van der Waals surface area contributed by atoms with Crippen LogP contribution in [0.5, 0.6) is 0 Å². The van der Waals surface area contributed by atoms with Gasteiger partial charge in [0.15, 0.2) is 0 Å². The molecular weight excluding hydrogens is 416 g/mol. The molecule has 0 unspecified atom stereocenters. The lowest BCUT2D eigenvalue weighted by Crippen LogP contribution is -2.22. The Bertz CT molecular complexity index is 757. The predicted octanol–water partition coefficient (Wildman–Crippen LogP) is 2.77. The van der Waals surface area contributed by atoms with Crippen molar-refractivity contribution in [3.63, 3.8) is 0 Å². The minimum atomic E-state index is -1.17. The lowest BCUT2D eigenvalue weighted by molar-refractivity contribution is 0.0797. The van der Waals surface area contributed by atoms with Crippen molar-refractivity contribution >= 4 is 35.7 Å². The smallest absolute Gasteiger partial charge is 0.255 e. The quantitative estimate of drug-likeness (QED) is 0.458. The Labute approximate surface area is 162 Å². The maximum atomic E-state index is 11.8. The molecule has 0 saturated carbocycles. The zero-order chi connectivity index (χ0) is 19.3. The fourth-order valence-electron chi connectivity index (χ4n) is 2.14. The van der Waals surface area contributed by atoms with Gasteiger partial charge in [-0.05, 0) is 28.9 Å². The molecule has 1 amide bonds. The number of nitrogens with two attached hydrogens (primary N) is 1. The van der Waals surface area contributed by atoms with Gasteiger partial charge < -0.3 is 15.8 Å². The van der Waals surface area contributed by atoms with Crippen LogP contribution in [0.4, 0.5) is 5.82 Å². The van der Waals surface area contributed by atoms with Crippen molar-refractivity contribution < 1.29 is 9.53 Å². The first-order chi connectivity index (χ1) is 12.2. The number of primary amides is 1. The van der Waals surface area contributed by atoms with Gasteiger partial charge in [-0.1, -0.05) is 19.6 Å². The predicted molar refractivity (Wildman–Crippen MR) is 107 cm³/mol. The highest BCUT2D eigenvalue weighted by atomic mass is 79.9. The number of nitrogens with one attached hydrogen (secondary N) is 1. The molecule has 0 spiro atoms. The van der Waals surface area contributed by atoms with Crippen LogP contribution in [-0.4, -0.2) is 40.3 Å². The molecule has 0 aliphatic rings. The van der Waals surface area contributed by atoms with Crippen LogP contribution >= 0.6 is 15.9 Å². The van der Waals surface area contributed by atoms with Crippen LogP contribution in [-0.2, 0) is 18.0 Å². The van der Waals surface area contributed by atoms with Crippen LogP contribution in [0, 0.1) is 6.92 Å². The van der Waals surface area contributed by atoms with E-state index in [0.717, 1.165) is 17.4 Å². The zero-order valence-electron chi connectivity index (χ0n) is 15.5. The van der Waals surface area contributed by atoms with Crippen LogP contribution in [0.1, 0.15) is 21.7 Å². The maximum Gasteiger partial charge on any atom is 0.255 e. The summed E-state index contributed by atoms with van der Waals surface area (Å²) in [7, 11) is -1.17. The van der Waals surface area contributed by atoms with Crippen molar-refractivity contribution in [3.8, 4) is 0 Å². The third-order valence-corrected chi connectivity index (χ3v) is 5.90. The van der Waals surface area contributed by atoms with Gasteiger partial charge in [0.2, 0.25) is 0 Å². The van der Waals surface area contributed by atoms with Gasteiger partial charge in [-0.15, -0.1) is 0 Å². The van der Waals surface area contributed by atoms with Crippen LogP contribution in [0.25, 0.3) is 0 Å². The van der Waals surface area contributed by atoms with E-state index in [1.54, 1.807) is 17.1 Å². The van der Waals surface area contributed by atoms with E-state index in [2.05, 4.69) is 56.0 Å². The van der Waals surface area contributed by atoms with Crippen LogP contribution in [0.2, 0.25) is 25.7 Å². The Morgan fingerprint density at radius 2 is 2.08 bits per heavy atom. The second-order valence-electron chi connectivity index (χ2n) is 7.23. The number of aryl methyl sites for hydroxylation is 1. The highest BCUT2D eigenvalue weighted by molar-refractivity contribution is 9.10. The normalized spacial score (nSPS) is 11.6. The zero-order valence-corrected chi connectivity index (χ0v) is 18.1. The lowest BCUT2D eigenvalue weighted by atomic mass is 10.3. The average molecular weight is 441 g/mol. The molecule has 0 fully saturated rings. The molecule has 0 saturated heterocycles. The van der Waals surface area contributed by atoms with E-state index < -0.39 is 14.0 Å². The Hall–Kier alpha value is -1.78. The molecule has 2 rings (SSSR count). The van der Waals surface area contributed by atoms with Crippen molar-refractivity contribution in [1.29, 1.82) is 0 Å². The fourth-order valence-corrected chi connectivity index (χ4v) is 3.47. The van der Waals surface area contributed by atoms with Crippen molar-refractivity contribution in [2.45, 2.75) is 45.9 Å². The van der Waals surface area contributed by atoms with E-state index in [1.807, 2.05) is 6.92 Å². The molecule has 0 aliphatic carbocycles. The second kappa shape index (κ2) is 8.74. The molecule has 0 radical (unpaired) electrons. The van der Waals surface area contributed by atoms with E-state index in [4.69, 9.17) is 10.5 Å². The largest absolute Gasteiger partial charge is 0.365 e. The third kappa shape index (κ3) is 5.89. The Kier molecular flexibility index (Phi) is 6.90. The summed E-state index contributed by atoms with van der Waals surface area (Å²) >= 11 is 3.30. The minimum Gasteiger partial charge on any atom is -0.365 e. The first kappa shape index (κ1) is 20.5. The molecule has 2 aromatic rings.